The minimum atomic E-state index is -0.466. The number of hydrogen-bond acceptors (Lipinski definition) is 6. The van der Waals surface area contributed by atoms with Crippen LogP contribution in [0.4, 0.5) is 0 Å². The van der Waals surface area contributed by atoms with Crippen LogP contribution in [0.15, 0.2) is 42.5 Å². The molecule has 34 heavy (non-hydrogen) atoms. The Morgan fingerprint density at radius 1 is 1.03 bits per heavy atom. The fourth-order valence-electron chi connectivity index (χ4n) is 4.97. The highest BCUT2D eigenvalue weighted by atomic mass is 16.7. The molecule has 3 heterocycles. The van der Waals surface area contributed by atoms with Gasteiger partial charge < -0.3 is 19.1 Å². The van der Waals surface area contributed by atoms with Gasteiger partial charge in [-0.15, -0.1) is 0 Å². The number of esters is 1. The number of aromatic nitrogens is 1. The monoisotopic (exact) mass is 456 g/mol. The van der Waals surface area contributed by atoms with Crippen LogP contribution >= 0.6 is 0 Å². The summed E-state index contributed by atoms with van der Waals surface area (Å²) in [7, 11) is 0. The number of benzene rings is 2. The number of allylic oxidation sites excluding steroid dienone is 1. The van der Waals surface area contributed by atoms with E-state index < -0.39 is 5.97 Å². The molecular weight excluding hydrogens is 432 g/mol. The molecule has 7 nitrogen and oxygen atoms in total. The van der Waals surface area contributed by atoms with Crippen LogP contribution in [0.1, 0.15) is 46.4 Å². The molecule has 1 aliphatic carbocycles. The van der Waals surface area contributed by atoms with Gasteiger partial charge in [-0.25, -0.2) is 9.78 Å². The van der Waals surface area contributed by atoms with Gasteiger partial charge in [-0.3, -0.25) is 4.79 Å². The lowest BCUT2D eigenvalue weighted by atomic mass is 10.0. The summed E-state index contributed by atoms with van der Waals surface area (Å²) < 4.78 is 16.4. The van der Waals surface area contributed by atoms with Gasteiger partial charge in [-0.05, 0) is 66.7 Å². The highest BCUT2D eigenvalue weighted by Crippen LogP contribution is 2.39. The highest BCUT2D eigenvalue weighted by molar-refractivity contribution is 6.07. The zero-order chi connectivity index (χ0) is 23.1. The number of hydrogen-bond donors (Lipinski definition) is 0. The molecule has 0 saturated carbocycles. The topological polar surface area (TPSA) is 78.0 Å². The van der Waals surface area contributed by atoms with Crippen molar-refractivity contribution in [1.29, 1.82) is 0 Å². The number of fused-ring (bicyclic) bond motifs is 3. The summed E-state index contributed by atoms with van der Waals surface area (Å²) in [4.78, 5) is 32.3. The Morgan fingerprint density at radius 2 is 1.85 bits per heavy atom. The summed E-state index contributed by atoms with van der Waals surface area (Å²) in [6.45, 7) is 1.47. The Hall–Kier alpha value is -3.87. The van der Waals surface area contributed by atoms with Crippen molar-refractivity contribution in [3.8, 4) is 11.5 Å². The third-order valence-electron chi connectivity index (χ3n) is 6.67. The molecular formula is C27H24N2O5. The normalized spacial score (nSPS) is 17.4. The second-order valence-corrected chi connectivity index (χ2v) is 8.78. The second kappa shape index (κ2) is 8.48. The van der Waals surface area contributed by atoms with E-state index in [1.165, 1.54) is 0 Å². The highest BCUT2D eigenvalue weighted by Gasteiger charge is 2.28. The molecule has 3 aliphatic rings. The van der Waals surface area contributed by atoms with Crippen molar-refractivity contribution >= 4 is 34.4 Å². The SMILES string of the molecule is O=C(OCC(=O)N1CCCC1)c1c2c(nc3ccccc13)/C(=C/c1ccc3c(c1)OCO3)CC2. The Kier molecular flexibility index (Phi) is 5.17. The van der Waals surface area contributed by atoms with Gasteiger partial charge in [-0.1, -0.05) is 24.3 Å². The number of pyridine rings is 1. The minimum absolute atomic E-state index is 0.135. The molecule has 172 valence electrons. The first-order valence-corrected chi connectivity index (χ1v) is 11.6. The van der Waals surface area contributed by atoms with E-state index in [1.807, 2.05) is 42.5 Å². The van der Waals surface area contributed by atoms with Crippen LogP contribution in [-0.2, 0) is 16.0 Å². The Balaban J connectivity index is 1.34. The van der Waals surface area contributed by atoms with Gasteiger partial charge in [0, 0.05) is 18.5 Å². The summed E-state index contributed by atoms with van der Waals surface area (Å²) >= 11 is 0. The smallest absolute Gasteiger partial charge is 0.339 e. The molecule has 7 heteroatoms. The summed E-state index contributed by atoms with van der Waals surface area (Å²) in [5.74, 6) is 0.869. The maximum Gasteiger partial charge on any atom is 0.339 e. The quantitative estimate of drug-likeness (QED) is 0.547. The summed E-state index contributed by atoms with van der Waals surface area (Å²) in [6.07, 6.45) is 5.54. The van der Waals surface area contributed by atoms with Crippen LogP contribution in [-0.4, -0.2) is 48.2 Å². The molecule has 2 aromatic carbocycles. The maximum absolute atomic E-state index is 13.3. The molecule has 1 amide bonds. The van der Waals surface area contributed by atoms with E-state index in [4.69, 9.17) is 19.2 Å². The van der Waals surface area contributed by atoms with E-state index >= 15 is 0 Å². The molecule has 3 aromatic rings. The fraction of sp³-hybridized carbons (Fsp3) is 0.296. The van der Waals surface area contributed by atoms with Crippen molar-refractivity contribution in [2.75, 3.05) is 26.5 Å². The molecule has 6 rings (SSSR count). The average molecular weight is 456 g/mol. The van der Waals surface area contributed by atoms with E-state index in [0.717, 1.165) is 77.1 Å². The van der Waals surface area contributed by atoms with E-state index in [2.05, 4.69) is 6.08 Å². The lowest BCUT2D eigenvalue weighted by Gasteiger charge is -2.16. The molecule has 2 aliphatic heterocycles. The number of ether oxygens (including phenoxy) is 3. The number of likely N-dealkylation sites (tertiary alicyclic amines) is 1. The number of carbonyl (C=O) groups excluding carboxylic acids is 2. The first-order chi connectivity index (χ1) is 16.7. The molecule has 0 unspecified atom stereocenters. The van der Waals surface area contributed by atoms with Crippen LogP contribution in [0, 0.1) is 0 Å². The predicted octanol–water partition coefficient (Wildman–Crippen LogP) is 4.23. The standard InChI is InChI=1S/C27H24N2O5/c30-24(29-11-3-4-12-29)15-32-27(31)25-19-5-1-2-6-21(19)28-26-18(8-9-20(25)26)13-17-7-10-22-23(14-17)34-16-33-22/h1-2,5-7,10,13-14H,3-4,8-9,11-12,15-16H2/b18-13+. The van der Waals surface area contributed by atoms with Crippen LogP contribution in [0.2, 0.25) is 0 Å². The molecule has 1 saturated heterocycles. The van der Waals surface area contributed by atoms with E-state index in [9.17, 15) is 9.59 Å². The van der Waals surface area contributed by atoms with Crippen LogP contribution < -0.4 is 9.47 Å². The van der Waals surface area contributed by atoms with E-state index in [1.54, 1.807) is 4.90 Å². The summed E-state index contributed by atoms with van der Waals surface area (Å²) in [5.41, 5.74) is 4.99. The van der Waals surface area contributed by atoms with Crippen molar-refractivity contribution in [3.63, 3.8) is 0 Å². The van der Waals surface area contributed by atoms with Gasteiger partial charge in [0.2, 0.25) is 6.79 Å². The first-order valence-electron chi connectivity index (χ1n) is 11.6. The lowest BCUT2D eigenvalue weighted by molar-refractivity contribution is -0.133. The lowest BCUT2D eigenvalue weighted by Crippen LogP contribution is -2.32. The number of rotatable bonds is 4. The minimum Gasteiger partial charge on any atom is -0.454 e. The van der Waals surface area contributed by atoms with Crippen LogP contribution in [0.5, 0.6) is 11.5 Å². The number of amides is 1. The molecule has 0 spiro atoms. The molecule has 0 radical (unpaired) electrons. The van der Waals surface area contributed by atoms with Gasteiger partial charge in [0.15, 0.2) is 18.1 Å². The molecule has 0 bridgehead atoms. The zero-order valence-electron chi connectivity index (χ0n) is 18.7. The van der Waals surface area contributed by atoms with E-state index in [-0.39, 0.29) is 19.3 Å². The van der Waals surface area contributed by atoms with Crippen molar-refractivity contribution in [3.05, 3.63) is 64.8 Å². The number of nitrogens with zero attached hydrogens (tertiary/aromatic N) is 2. The summed E-state index contributed by atoms with van der Waals surface area (Å²) in [5, 5.41) is 0.754. The van der Waals surface area contributed by atoms with Crippen molar-refractivity contribution < 1.29 is 23.8 Å². The van der Waals surface area contributed by atoms with Gasteiger partial charge >= 0.3 is 5.97 Å². The van der Waals surface area contributed by atoms with Gasteiger partial charge in [0.1, 0.15) is 0 Å². The average Bonchev–Trinajstić information content (AvgIpc) is 3.62. The first kappa shape index (κ1) is 20.7. The molecule has 1 aromatic heterocycles. The Labute approximate surface area is 196 Å². The van der Waals surface area contributed by atoms with Crippen molar-refractivity contribution in [2.45, 2.75) is 25.7 Å². The molecule has 0 N–H and O–H groups in total. The number of para-hydroxylation sites is 1. The third kappa shape index (κ3) is 3.67. The molecule has 0 atom stereocenters. The zero-order valence-corrected chi connectivity index (χ0v) is 18.7. The Bertz CT molecular complexity index is 1340. The largest absolute Gasteiger partial charge is 0.454 e. The van der Waals surface area contributed by atoms with Gasteiger partial charge in [0.25, 0.3) is 5.91 Å². The third-order valence-corrected chi connectivity index (χ3v) is 6.67. The second-order valence-electron chi connectivity index (χ2n) is 8.78. The fourth-order valence-corrected chi connectivity index (χ4v) is 4.97. The van der Waals surface area contributed by atoms with Crippen LogP contribution in [0.3, 0.4) is 0 Å². The summed E-state index contributed by atoms with van der Waals surface area (Å²) in [6, 6.07) is 13.4. The van der Waals surface area contributed by atoms with E-state index in [0.29, 0.717) is 12.0 Å². The Morgan fingerprint density at radius 3 is 2.74 bits per heavy atom. The number of carbonyl (C=O) groups is 2. The maximum atomic E-state index is 13.3. The van der Waals surface area contributed by atoms with Gasteiger partial charge in [0.05, 0.1) is 16.8 Å². The predicted molar refractivity (Wildman–Crippen MR) is 127 cm³/mol. The molecule has 1 fully saturated rings. The van der Waals surface area contributed by atoms with Crippen molar-refractivity contribution in [1.82, 2.24) is 9.88 Å². The van der Waals surface area contributed by atoms with Gasteiger partial charge in [-0.2, -0.15) is 0 Å². The van der Waals surface area contributed by atoms with Crippen molar-refractivity contribution in [2.24, 2.45) is 0 Å². The van der Waals surface area contributed by atoms with Crippen LogP contribution in [0.25, 0.3) is 22.6 Å².